The Labute approximate surface area is 172 Å². The molecule has 0 saturated carbocycles. The molecule has 7 nitrogen and oxygen atoms in total. The topological polar surface area (TPSA) is 66.1 Å². The van der Waals surface area contributed by atoms with E-state index >= 15 is 0 Å². The minimum absolute atomic E-state index is 0.0634. The van der Waals surface area contributed by atoms with E-state index in [1.54, 1.807) is 7.11 Å². The summed E-state index contributed by atoms with van der Waals surface area (Å²) in [5.41, 5.74) is 2.16. The molecule has 2 N–H and O–H groups in total. The SMILES string of the molecule is COc1ccc(OCCNC(=O)CNc2ccc(N3CCN(C)CC3)cc2)cc1. The van der Waals surface area contributed by atoms with Gasteiger partial charge in [0.25, 0.3) is 0 Å². The first-order valence-electron chi connectivity index (χ1n) is 9.95. The van der Waals surface area contributed by atoms with E-state index in [0.29, 0.717) is 13.2 Å². The monoisotopic (exact) mass is 398 g/mol. The minimum atomic E-state index is -0.0634. The first kappa shape index (κ1) is 20.8. The van der Waals surface area contributed by atoms with Gasteiger partial charge in [0.2, 0.25) is 5.91 Å². The van der Waals surface area contributed by atoms with Crippen LogP contribution in [-0.4, -0.2) is 70.8 Å². The van der Waals surface area contributed by atoms with Crippen LogP contribution >= 0.6 is 0 Å². The molecule has 1 heterocycles. The molecular weight excluding hydrogens is 368 g/mol. The Morgan fingerprint density at radius 2 is 1.62 bits per heavy atom. The van der Waals surface area contributed by atoms with Crippen molar-refractivity contribution in [2.24, 2.45) is 0 Å². The Morgan fingerprint density at radius 1 is 0.966 bits per heavy atom. The molecule has 0 aromatic heterocycles. The summed E-state index contributed by atoms with van der Waals surface area (Å²) >= 11 is 0. The maximum absolute atomic E-state index is 12.0. The Bertz CT molecular complexity index is 757. The van der Waals surface area contributed by atoms with E-state index in [-0.39, 0.29) is 12.5 Å². The zero-order valence-electron chi connectivity index (χ0n) is 17.2. The number of benzene rings is 2. The van der Waals surface area contributed by atoms with Crippen molar-refractivity contribution in [3.63, 3.8) is 0 Å². The molecule has 0 unspecified atom stereocenters. The number of hydrogen-bond donors (Lipinski definition) is 2. The van der Waals surface area contributed by atoms with Crippen LogP contribution in [0.1, 0.15) is 0 Å². The quantitative estimate of drug-likeness (QED) is 0.631. The van der Waals surface area contributed by atoms with Gasteiger partial charge in [0.15, 0.2) is 0 Å². The number of rotatable bonds is 9. The lowest BCUT2D eigenvalue weighted by atomic mass is 10.2. The minimum Gasteiger partial charge on any atom is -0.497 e. The maximum atomic E-state index is 12.0. The van der Waals surface area contributed by atoms with Gasteiger partial charge in [0.1, 0.15) is 18.1 Å². The Balaban J connectivity index is 1.32. The molecule has 0 spiro atoms. The number of nitrogens with zero attached hydrogens (tertiary/aromatic N) is 2. The van der Waals surface area contributed by atoms with Crippen molar-refractivity contribution in [2.75, 3.05) is 70.2 Å². The molecule has 3 rings (SSSR count). The van der Waals surface area contributed by atoms with Gasteiger partial charge in [-0.15, -0.1) is 0 Å². The van der Waals surface area contributed by atoms with Crippen LogP contribution in [0.25, 0.3) is 0 Å². The second-order valence-electron chi connectivity index (χ2n) is 7.06. The zero-order chi connectivity index (χ0) is 20.5. The molecule has 2 aromatic carbocycles. The molecule has 0 radical (unpaired) electrons. The van der Waals surface area contributed by atoms with Crippen LogP contribution < -0.4 is 25.0 Å². The molecule has 156 valence electrons. The largest absolute Gasteiger partial charge is 0.497 e. The summed E-state index contributed by atoms with van der Waals surface area (Å²) in [6.45, 7) is 5.36. The van der Waals surface area contributed by atoms with Crippen molar-refractivity contribution in [1.29, 1.82) is 0 Å². The second-order valence-corrected chi connectivity index (χ2v) is 7.06. The Hall–Kier alpha value is -2.93. The van der Waals surface area contributed by atoms with Crippen LogP contribution in [0.2, 0.25) is 0 Å². The Morgan fingerprint density at radius 3 is 2.28 bits per heavy atom. The number of methoxy groups -OCH3 is 1. The summed E-state index contributed by atoms with van der Waals surface area (Å²) in [6, 6.07) is 15.6. The van der Waals surface area contributed by atoms with Gasteiger partial charge < -0.3 is 29.9 Å². The third kappa shape index (κ3) is 6.57. The molecule has 0 bridgehead atoms. The Kier molecular flexibility index (Phi) is 7.58. The zero-order valence-corrected chi connectivity index (χ0v) is 17.2. The van der Waals surface area contributed by atoms with Crippen LogP contribution in [0, 0.1) is 0 Å². The summed E-state index contributed by atoms with van der Waals surface area (Å²) in [5, 5.41) is 6.01. The molecule has 1 fully saturated rings. The van der Waals surface area contributed by atoms with Crippen molar-refractivity contribution in [3.05, 3.63) is 48.5 Å². The molecule has 2 aromatic rings. The predicted molar refractivity (Wildman–Crippen MR) is 116 cm³/mol. The summed E-state index contributed by atoms with van der Waals surface area (Å²) in [6.07, 6.45) is 0. The van der Waals surface area contributed by atoms with Crippen LogP contribution in [0.15, 0.2) is 48.5 Å². The molecule has 1 aliphatic heterocycles. The van der Waals surface area contributed by atoms with E-state index < -0.39 is 0 Å². The number of piperazine rings is 1. The predicted octanol–water partition coefficient (Wildman–Crippen LogP) is 2.05. The average molecular weight is 399 g/mol. The van der Waals surface area contributed by atoms with Gasteiger partial charge >= 0.3 is 0 Å². The van der Waals surface area contributed by atoms with E-state index in [4.69, 9.17) is 9.47 Å². The van der Waals surface area contributed by atoms with Gasteiger partial charge in [0.05, 0.1) is 20.2 Å². The van der Waals surface area contributed by atoms with E-state index in [9.17, 15) is 4.79 Å². The summed E-state index contributed by atoms with van der Waals surface area (Å²) in [7, 11) is 3.78. The van der Waals surface area contributed by atoms with Crippen LogP contribution in [0.4, 0.5) is 11.4 Å². The number of ether oxygens (including phenoxy) is 2. The summed E-state index contributed by atoms with van der Waals surface area (Å²) in [5.74, 6) is 1.47. The van der Waals surface area contributed by atoms with Gasteiger partial charge in [-0.25, -0.2) is 0 Å². The first-order valence-corrected chi connectivity index (χ1v) is 9.95. The fraction of sp³-hybridized carbons (Fsp3) is 0.409. The van der Waals surface area contributed by atoms with Crippen LogP contribution in [0.5, 0.6) is 11.5 Å². The van der Waals surface area contributed by atoms with E-state index in [0.717, 1.165) is 43.4 Å². The second kappa shape index (κ2) is 10.6. The molecule has 7 heteroatoms. The van der Waals surface area contributed by atoms with Gasteiger partial charge in [0, 0.05) is 37.6 Å². The van der Waals surface area contributed by atoms with Gasteiger partial charge in [-0.05, 0) is 55.6 Å². The molecule has 1 amide bonds. The normalized spacial score (nSPS) is 14.3. The van der Waals surface area contributed by atoms with Crippen LogP contribution in [0.3, 0.4) is 0 Å². The van der Waals surface area contributed by atoms with E-state index in [1.807, 2.05) is 36.4 Å². The van der Waals surface area contributed by atoms with E-state index in [2.05, 4.69) is 39.6 Å². The number of anilines is 2. The number of carbonyl (C=O) groups is 1. The first-order chi connectivity index (χ1) is 14.1. The highest BCUT2D eigenvalue weighted by molar-refractivity contribution is 5.80. The number of carbonyl (C=O) groups excluding carboxylic acids is 1. The summed E-state index contributed by atoms with van der Waals surface area (Å²) in [4.78, 5) is 16.7. The van der Waals surface area contributed by atoms with Crippen LogP contribution in [-0.2, 0) is 4.79 Å². The number of likely N-dealkylation sites (N-methyl/N-ethyl adjacent to an activating group) is 1. The molecular formula is C22H30N4O3. The smallest absolute Gasteiger partial charge is 0.239 e. The van der Waals surface area contributed by atoms with Crippen molar-refractivity contribution in [2.45, 2.75) is 0 Å². The molecule has 1 saturated heterocycles. The van der Waals surface area contributed by atoms with E-state index in [1.165, 1.54) is 5.69 Å². The third-order valence-corrected chi connectivity index (χ3v) is 4.94. The number of amides is 1. The number of hydrogen-bond acceptors (Lipinski definition) is 6. The number of nitrogens with one attached hydrogen (secondary N) is 2. The van der Waals surface area contributed by atoms with Crippen molar-refractivity contribution < 1.29 is 14.3 Å². The highest BCUT2D eigenvalue weighted by atomic mass is 16.5. The van der Waals surface area contributed by atoms with Gasteiger partial charge in [-0.1, -0.05) is 0 Å². The lowest BCUT2D eigenvalue weighted by molar-refractivity contribution is -0.119. The highest BCUT2D eigenvalue weighted by Gasteiger charge is 2.13. The van der Waals surface area contributed by atoms with Gasteiger partial charge in [-0.2, -0.15) is 0 Å². The van der Waals surface area contributed by atoms with Crippen molar-refractivity contribution in [3.8, 4) is 11.5 Å². The summed E-state index contributed by atoms with van der Waals surface area (Å²) < 4.78 is 10.7. The molecule has 1 aliphatic rings. The molecule has 29 heavy (non-hydrogen) atoms. The lowest BCUT2D eigenvalue weighted by Gasteiger charge is -2.34. The fourth-order valence-electron chi connectivity index (χ4n) is 3.13. The fourth-order valence-corrected chi connectivity index (χ4v) is 3.13. The maximum Gasteiger partial charge on any atom is 0.239 e. The average Bonchev–Trinajstić information content (AvgIpc) is 2.76. The third-order valence-electron chi connectivity index (χ3n) is 4.94. The molecule has 0 atom stereocenters. The highest BCUT2D eigenvalue weighted by Crippen LogP contribution is 2.19. The van der Waals surface area contributed by atoms with Crippen molar-refractivity contribution in [1.82, 2.24) is 10.2 Å². The van der Waals surface area contributed by atoms with Crippen molar-refractivity contribution >= 4 is 17.3 Å². The van der Waals surface area contributed by atoms with Gasteiger partial charge in [-0.3, -0.25) is 4.79 Å². The standard InChI is InChI=1S/C22H30N4O3/c1-25-12-14-26(15-13-25)19-5-3-18(4-6-19)24-17-22(27)23-11-16-29-21-9-7-20(28-2)8-10-21/h3-10,24H,11-17H2,1-2H3,(H,23,27). The molecule has 0 aliphatic carbocycles. The lowest BCUT2D eigenvalue weighted by Crippen LogP contribution is -2.44.